The summed E-state index contributed by atoms with van der Waals surface area (Å²) in [4.78, 5) is 7.28. The molecular formula is C20H34N2O2Si3. The van der Waals surface area contributed by atoms with Gasteiger partial charge in [0.25, 0.3) is 17.0 Å². The van der Waals surface area contributed by atoms with Gasteiger partial charge in [-0.05, 0) is 50.4 Å². The maximum atomic E-state index is 6.57. The molecule has 148 valence electrons. The first-order valence-corrected chi connectivity index (χ1v) is 18.2. The molecule has 0 aliphatic rings. The van der Waals surface area contributed by atoms with Crippen LogP contribution < -0.4 is 9.96 Å². The quantitative estimate of drug-likeness (QED) is 0.549. The summed E-state index contributed by atoms with van der Waals surface area (Å²) in [6, 6.07) is 20.9. The molecule has 0 bridgehead atoms. The molecule has 0 saturated carbocycles. The lowest BCUT2D eigenvalue weighted by molar-refractivity contribution is 0.375. The smallest absolute Gasteiger partial charge is 0.312 e. The van der Waals surface area contributed by atoms with E-state index in [4.69, 9.17) is 8.23 Å². The van der Waals surface area contributed by atoms with E-state index in [1.807, 2.05) is 12.1 Å². The highest BCUT2D eigenvalue weighted by atomic mass is 28.5. The molecule has 0 spiro atoms. The predicted octanol–water partition coefficient (Wildman–Crippen LogP) is 4.70. The molecule has 0 radical (unpaired) electrons. The van der Waals surface area contributed by atoms with Gasteiger partial charge in [-0.2, -0.15) is 0 Å². The molecule has 2 aromatic rings. The molecule has 0 aliphatic heterocycles. The van der Waals surface area contributed by atoms with Crippen molar-refractivity contribution >= 4 is 25.5 Å². The van der Waals surface area contributed by atoms with Crippen molar-refractivity contribution in [3.05, 3.63) is 71.8 Å². The summed E-state index contributed by atoms with van der Waals surface area (Å²) in [5, 5.41) is 0. The normalized spacial score (nSPS) is 13.0. The monoisotopic (exact) mass is 418 g/mol. The van der Waals surface area contributed by atoms with Crippen LogP contribution >= 0.6 is 0 Å². The van der Waals surface area contributed by atoms with Gasteiger partial charge < -0.3 is 18.2 Å². The van der Waals surface area contributed by atoms with Crippen molar-refractivity contribution in [2.24, 2.45) is 0 Å². The van der Waals surface area contributed by atoms with Gasteiger partial charge in [0.1, 0.15) is 0 Å². The molecule has 0 amide bonds. The van der Waals surface area contributed by atoms with Crippen LogP contribution in [0.4, 0.5) is 0 Å². The van der Waals surface area contributed by atoms with Crippen LogP contribution in [-0.4, -0.2) is 25.5 Å². The fourth-order valence-electron chi connectivity index (χ4n) is 3.14. The molecule has 27 heavy (non-hydrogen) atoms. The highest BCUT2D eigenvalue weighted by Crippen LogP contribution is 2.19. The molecule has 2 rings (SSSR count). The van der Waals surface area contributed by atoms with Gasteiger partial charge in [0.2, 0.25) is 0 Å². The van der Waals surface area contributed by atoms with E-state index >= 15 is 0 Å². The zero-order valence-corrected chi connectivity index (χ0v) is 20.5. The van der Waals surface area contributed by atoms with Crippen LogP contribution in [0.25, 0.3) is 0 Å². The summed E-state index contributed by atoms with van der Waals surface area (Å²) in [5.41, 5.74) is 2.56. The van der Waals surface area contributed by atoms with E-state index in [1.165, 1.54) is 11.1 Å². The minimum Gasteiger partial charge on any atom is -0.424 e. The molecule has 0 aromatic heterocycles. The highest BCUT2D eigenvalue weighted by molar-refractivity contribution is 6.86. The lowest BCUT2D eigenvalue weighted by Gasteiger charge is -2.38. The van der Waals surface area contributed by atoms with Crippen LogP contribution in [0.5, 0.6) is 0 Å². The van der Waals surface area contributed by atoms with E-state index in [1.54, 1.807) is 0 Å². The number of benzene rings is 2. The number of hydrogen-bond donors (Lipinski definition) is 2. The lowest BCUT2D eigenvalue weighted by Crippen LogP contribution is -2.61. The Hall–Kier alpha value is -1.07. The first kappa shape index (κ1) is 22.2. The average molecular weight is 419 g/mol. The van der Waals surface area contributed by atoms with Crippen molar-refractivity contribution < 1.29 is 8.23 Å². The summed E-state index contributed by atoms with van der Waals surface area (Å²) < 4.78 is 13.1. The van der Waals surface area contributed by atoms with E-state index in [0.717, 1.165) is 13.1 Å². The van der Waals surface area contributed by atoms with E-state index < -0.39 is 25.5 Å². The molecule has 0 fully saturated rings. The fraction of sp³-hybridized carbons (Fsp3) is 0.400. The Morgan fingerprint density at radius 3 is 1.26 bits per heavy atom. The Bertz CT molecular complexity index is 635. The van der Waals surface area contributed by atoms with Gasteiger partial charge in [0, 0.05) is 13.1 Å². The lowest BCUT2D eigenvalue weighted by atomic mass is 10.2. The van der Waals surface area contributed by atoms with Gasteiger partial charge in [0.15, 0.2) is 0 Å². The molecule has 0 aliphatic carbocycles. The molecule has 0 heterocycles. The van der Waals surface area contributed by atoms with Gasteiger partial charge in [-0.1, -0.05) is 60.7 Å². The third-order valence-corrected chi connectivity index (χ3v) is 14.2. The first-order valence-electron chi connectivity index (χ1n) is 9.55. The van der Waals surface area contributed by atoms with E-state index in [0.29, 0.717) is 0 Å². The number of nitrogens with one attached hydrogen (secondary N) is 2. The molecule has 0 saturated heterocycles. The zero-order chi connectivity index (χ0) is 20.0. The molecule has 0 unspecified atom stereocenters. The van der Waals surface area contributed by atoms with Gasteiger partial charge in [-0.15, -0.1) is 0 Å². The van der Waals surface area contributed by atoms with Crippen LogP contribution in [0.15, 0.2) is 60.7 Å². The van der Waals surface area contributed by atoms with Crippen molar-refractivity contribution in [3.8, 4) is 0 Å². The number of rotatable bonds is 10. The molecule has 0 atom stereocenters. The van der Waals surface area contributed by atoms with E-state index in [2.05, 4.69) is 97.8 Å². The first-order chi connectivity index (χ1) is 12.6. The van der Waals surface area contributed by atoms with Crippen molar-refractivity contribution in [2.75, 3.05) is 0 Å². The van der Waals surface area contributed by atoms with Crippen LogP contribution in [0.2, 0.25) is 39.3 Å². The summed E-state index contributed by atoms with van der Waals surface area (Å²) in [6.07, 6.45) is 0. The predicted molar refractivity (Wildman–Crippen MR) is 121 cm³/mol. The third-order valence-electron chi connectivity index (χ3n) is 4.12. The maximum Gasteiger partial charge on any atom is 0.312 e. The van der Waals surface area contributed by atoms with Crippen molar-refractivity contribution in [1.82, 2.24) is 9.96 Å². The van der Waals surface area contributed by atoms with Crippen LogP contribution in [0, 0.1) is 0 Å². The summed E-state index contributed by atoms with van der Waals surface area (Å²) in [7, 11) is -6.31. The van der Waals surface area contributed by atoms with Gasteiger partial charge in [-0.25, -0.2) is 0 Å². The molecule has 2 aromatic carbocycles. The van der Waals surface area contributed by atoms with Crippen molar-refractivity contribution in [2.45, 2.75) is 52.4 Å². The Morgan fingerprint density at radius 1 is 0.593 bits per heavy atom. The van der Waals surface area contributed by atoms with Crippen LogP contribution in [0.3, 0.4) is 0 Å². The van der Waals surface area contributed by atoms with E-state index in [-0.39, 0.29) is 0 Å². The van der Waals surface area contributed by atoms with Crippen molar-refractivity contribution in [3.63, 3.8) is 0 Å². The second-order valence-electron chi connectivity index (χ2n) is 8.30. The SMILES string of the molecule is C[Si](C)(NCc1ccccc1)O[Si](C)(C)O[Si](C)(C)NCc1ccccc1. The number of hydrogen-bond acceptors (Lipinski definition) is 4. The zero-order valence-electron chi connectivity index (χ0n) is 17.5. The fourth-order valence-corrected chi connectivity index (χ4v) is 15.4. The summed E-state index contributed by atoms with van der Waals surface area (Å²) in [6.45, 7) is 14.8. The molecule has 7 heteroatoms. The molecule has 4 nitrogen and oxygen atoms in total. The highest BCUT2D eigenvalue weighted by Gasteiger charge is 2.39. The topological polar surface area (TPSA) is 42.5 Å². The Kier molecular flexibility index (Phi) is 7.75. The van der Waals surface area contributed by atoms with Crippen LogP contribution in [-0.2, 0) is 21.3 Å². The largest absolute Gasteiger partial charge is 0.424 e. The van der Waals surface area contributed by atoms with E-state index in [9.17, 15) is 0 Å². The average Bonchev–Trinajstić information content (AvgIpc) is 2.58. The Balaban J connectivity index is 1.87. The summed E-state index contributed by atoms with van der Waals surface area (Å²) >= 11 is 0. The minimum absolute atomic E-state index is 0.831. The Labute approximate surface area is 168 Å². The van der Waals surface area contributed by atoms with Gasteiger partial charge >= 0.3 is 8.56 Å². The molecular weight excluding hydrogens is 384 g/mol. The Morgan fingerprint density at radius 2 is 0.926 bits per heavy atom. The van der Waals surface area contributed by atoms with Gasteiger partial charge in [-0.3, -0.25) is 0 Å². The second-order valence-corrected chi connectivity index (χ2v) is 19.5. The van der Waals surface area contributed by atoms with Crippen molar-refractivity contribution in [1.29, 1.82) is 0 Å². The van der Waals surface area contributed by atoms with Gasteiger partial charge in [0.05, 0.1) is 0 Å². The van der Waals surface area contributed by atoms with Crippen LogP contribution in [0.1, 0.15) is 11.1 Å². The third kappa shape index (κ3) is 8.65. The molecule has 2 N–H and O–H groups in total. The maximum absolute atomic E-state index is 6.57. The summed E-state index contributed by atoms with van der Waals surface area (Å²) in [5.74, 6) is 0. The standard InChI is InChI=1S/C20H34N2O2Si3/c1-25(2,21-17-19-13-9-7-10-14-19)23-27(5,6)24-26(3,4)22-18-20-15-11-8-12-16-20/h7-16,21-22H,17-18H2,1-6H3. The minimum atomic E-state index is -2.25. The second kappa shape index (κ2) is 9.42.